The van der Waals surface area contributed by atoms with Crippen LogP contribution in [0.4, 0.5) is 0 Å². The highest BCUT2D eigenvalue weighted by Gasteiger charge is 2.22. The van der Waals surface area contributed by atoms with Crippen LogP contribution in [0.1, 0.15) is 24.5 Å². The van der Waals surface area contributed by atoms with E-state index in [0.29, 0.717) is 11.4 Å². The monoisotopic (exact) mass is 264 g/mol. The van der Waals surface area contributed by atoms with Crippen LogP contribution in [0.3, 0.4) is 0 Å². The Morgan fingerprint density at radius 1 is 1.33 bits per heavy atom. The van der Waals surface area contributed by atoms with E-state index in [-0.39, 0.29) is 0 Å². The third-order valence-corrected chi connectivity index (χ3v) is 3.38. The Bertz CT molecular complexity index is 517. The normalized spacial score (nSPS) is 14.4. The number of hydrogen-bond acceptors (Lipinski definition) is 2. The Kier molecular flexibility index (Phi) is 3.73. The molecule has 0 aliphatic rings. The number of aryl methyl sites for hydroxylation is 2. The van der Waals surface area contributed by atoms with Gasteiger partial charge in [0.1, 0.15) is 0 Å². The summed E-state index contributed by atoms with van der Waals surface area (Å²) >= 11 is 5.84. The number of benzene rings is 1. The second-order valence-electron chi connectivity index (χ2n) is 4.80. The molecule has 96 valence electrons. The molecule has 0 saturated heterocycles. The third-order valence-electron chi connectivity index (χ3n) is 3.12. The van der Waals surface area contributed by atoms with Crippen molar-refractivity contribution in [3.63, 3.8) is 0 Å². The first-order valence-electron chi connectivity index (χ1n) is 5.93. The molecule has 0 radical (unpaired) electrons. The molecule has 2 rings (SSSR count). The zero-order valence-electron chi connectivity index (χ0n) is 10.6. The summed E-state index contributed by atoms with van der Waals surface area (Å²) in [5.41, 5.74) is 1.17. The lowest BCUT2D eigenvalue weighted by Gasteiger charge is -2.23. The van der Waals surface area contributed by atoms with E-state index < -0.39 is 5.60 Å². The molecule has 1 aromatic carbocycles. The minimum atomic E-state index is -0.847. The van der Waals surface area contributed by atoms with Crippen LogP contribution in [0.5, 0.6) is 0 Å². The van der Waals surface area contributed by atoms with Gasteiger partial charge in [0.2, 0.25) is 0 Å². The van der Waals surface area contributed by atoms with Gasteiger partial charge >= 0.3 is 0 Å². The van der Waals surface area contributed by atoms with Crippen LogP contribution in [-0.2, 0) is 19.1 Å². The quantitative estimate of drug-likeness (QED) is 0.922. The SMILES string of the molecule is Cn1cc(CCC(C)(O)c2ccc(Cl)cc2)cn1. The van der Waals surface area contributed by atoms with Gasteiger partial charge in [-0.25, -0.2) is 0 Å². The lowest BCUT2D eigenvalue weighted by Crippen LogP contribution is -2.21. The molecular formula is C14H17ClN2O. The van der Waals surface area contributed by atoms with Crippen molar-refractivity contribution in [3.8, 4) is 0 Å². The minimum absolute atomic E-state index is 0.653. The highest BCUT2D eigenvalue weighted by molar-refractivity contribution is 6.30. The first kappa shape index (κ1) is 13.1. The number of aromatic nitrogens is 2. The maximum absolute atomic E-state index is 10.5. The number of aliphatic hydroxyl groups is 1. The second kappa shape index (κ2) is 5.12. The zero-order valence-corrected chi connectivity index (χ0v) is 11.4. The summed E-state index contributed by atoms with van der Waals surface area (Å²) in [6.45, 7) is 1.83. The molecule has 2 aromatic rings. The predicted molar refractivity (Wildman–Crippen MR) is 72.6 cm³/mol. The summed E-state index contributed by atoms with van der Waals surface area (Å²) in [5, 5.41) is 15.3. The summed E-state index contributed by atoms with van der Waals surface area (Å²) in [6, 6.07) is 7.34. The summed E-state index contributed by atoms with van der Waals surface area (Å²) < 4.78 is 1.77. The van der Waals surface area contributed by atoms with Crippen molar-refractivity contribution in [1.29, 1.82) is 0 Å². The zero-order chi connectivity index (χ0) is 13.2. The summed E-state index contributed by atoms with van der Waals surface area (Å²) in [6.07, 6.45) is 5.25. The van der Waals surface area contributed by atoms with Gasteiger partial charge in [0.05, 0.1) is 11.8 Å². The average molecular weight is 265 g/mol. The van der Waals surface area contributed by atoms with E-state index in [0.717, 1.165) is 17.5 Å². The first-order valence-corrected chi connectivity index (χ1v) is 6.31. The number of nitrogens with zero attached hydrogens (tertiary/aromatic N) is 2. The van der Waals surface area contributed by atoms with Crippen molar-refractivity contribution in [3.05, 3.63) is 52.8 Å². The molecule has 0 bridgehead atoms. The van der Waals surface area contributed by atoms with Gasteiger partial charge in [-0.3, -0.25) is 4.68 Å². The van der Waals surface area contributed by atoms with Gasteiger partial charge in [0.15, 0.2) is 0 Å². The molecule has 0 aliphatic heterocycles. The number of halogens is 1. The smallest absolute Gasteiger partial charge is 0.0871 e. The van der Waals surface area contributed by atoms with E-state index in [9.17, 15) is 5.11 Å². The van der Waals surface area contributed by atoms with Gasteiger partial charge in [0.25, 0.3) is 0 Å². The molecule has 1 N–H and O–H groups in total. The Hall–Kier alpha value is -1.32. The Morgan fingerprint density at radius 3 is 2.56 bits per heavy atom. The van der Waals surface area contributed by atoms with E-state index in [1.807, 2.05) is 38.5 Å². The van der Waals surface area contributed by atoms with Crippen LogP contribution < -0.4 is 0 Å². The van der Waals surface area contributed by atoms with E-state index >= 15 is 0 Å². The first-order chi connectivity index (χ1) is 8.47. The van der Waals surface area contributed by atoms with Gasteiger partial charge in [-0.1, -0.05) is 23.7 Å². The van der Waals surface area contributed by atoms with Gasteiger partial charge in [-0.15, -0.1) is 0 Å². The summed E-state index contributed by atoms with van der Waals surface area (Å²) in [5.74, 6) is 0. The largest absolute Gasteiger partial charge is 0.385 e. The van der Waals surface area contributed by atoms with Crippen molar-refractivity contribution in [2.75, 3.05) is 0 Å². The van der Waals surface area contributed by atoms with Crippen molar-refractivity contribution >= 4 is 11.6 Å². The highest BCUT2D eigenvalue weighted by atomic mass is 35.5. The number of rotatable bonds is 4. The Labute approximate surface area is 112 Å². The molecule has 3 nitrogen and oxygen atoms in total. The fourth-order valence-electron chi connectivity index (χ4n) is 1.94. The molecule has 1 aromatic heterocycles. The fourth-order valence-corrected chi connectivity index (χ4v) is 2.07. The highest BCUT2D eigenvalue weighted by Crippen LogP contribution is 2.27. The van der Waals surface area contributed by atoms with Crippen LogP contribution in [0, 0.1) is 0 Å². The lowest BCUT2D eigenvalue weighted by molar-refractivity contribution is 0.0480. The molecule has 1 atom stereocenters. The fraction of sp³-hybridized carbons (Fsp3) is 0.357. The summed E-state index contributed by atoms with van der Waals surface area (Å²) in [4.78, 5) is 0. The Morgan fingerprint density at radius 2 is 2.00 bits per heavy atom. The van der Waals surface area contributed by atoms with Crippen molar-refractivity contribution in [1.82, 2.24) is 9.78 Å². The van der Waals surface area contributed by atoms with Crippen LogP contribution in [-0.4, -0.2) is 14.9 Å². The average Bonchev–Trinajstić information content (AvgIpc) is 2.73. The molecule has 1 heterocycles. The van der Waals surface area contributed by atoms with E-state index in [4.69, 9.17) is 11.6 Å². The van der Waals surface area contributed by atoms with E-state index in [1.54, 1.807) is 16.8 Å². The predicted octanol–water partition coefficient (Wildman–Crippen LogP) is 2.91. The van der Waals surface area contributed by atoms with Gasteiger partial charge in [-0.05, 0) is 43.0 Å². The maximum atomic E-state index is 10.5. The Balaban J connectivity index is 2.04. The molecule has 0 saturated carbocycles. The van der Waals surface area contributed by atoms with Gasteiger partial charge in [-0.2, -0.15) is 5.10 Å². The van der Waals surface area contributed by atoms with Gasteiger partial charge in [0, 0.05) is 18.3 Å². The van der Waals surface area contributed by atoms with Crippen LogP contribution in [0.15, 0.2) is 36.7 Å². The van der Waals surface area contributed by atoms with Crippen LogP contribution in [0.25, 0.3) is 0 Å². The lowest BCUT2D eigenvalue weighted by atomic mass is 9.90. The van der Waals surface area contributed by atoms with Gasteiger partial charge < -0.3 is 5.11 Å². The van der Waals surface area contributed by atoms with Crippen molar-refractivity contribution < 1.29 is 5.11 Å². The molecular weight excluding hydrogens is 248 g/mol. The standard InChI is InChI=1S/C14H17ClN2O/c1-14(18,12-3-5-13(15)6-4-12)8-7-11-9-16-17(2)10-11/h3-6,9-10,18H,7-8H2,1-2H3. The van der Waals surface area contributed by atoms with Crippen molar-refractivity contribution in [2.45, 2.75) is 25.4 Å². The van der Waals surface area contributed by atoms with E-state index in [2.05, 4.69) is 5.10 Å². The molecule has 0 fully saturated rings. The second-order valence-corrected chi connectivity index (χ2v) is 5.24. The molecule has 0 aliphatic carbocycles. The molecule has 18 heavy (non-hydrogen) atoms. The topological polar surface area (TPSA) is 38.0 Å². The minimum Gasteiger partial charge on any atom is -0.385 e. The maximum Gasteiger partial charge on any atom is 0.0871 e. The van der Waals surface area contributed by atoms with E-state index in [1.165, 1.54) is 0 Å². The summed E-state index contributed by atoms with van der Waals surface area (Å²) in [7, 11) is 1.89. The van der Waals surface area contributed by atoms with Crippen LogP contribution >= 0.6 is 11.6 Å². The third kappa shape index (κ3) is 3.12. The number of hydrogen-bond donors (Lipinski definition) is 1. The molecule has 4 heteroatoms. The molecule has 1 unspecified atom stereocenters. The van der Waals surface area contributed by atoms with Crippen molar-refractivity contribution in [2.24, 2.45) is 7.05 Å². The molecule has 0 amide bonds. The van der Waals surface area contributed by atoms with Crippen LogP contribution in [0.2, 0.25) is 5.02 Å². The molecule has 0 spiro atoms.